The van der Waals surface area contributed by atoms with Crippen LogP contribution in [0.2, 0.25) is 0 Å². The monoisotopic (exact) mass is 391 g/mol. The van der Waals surface area contributed by atoms with Crippen LogP contribution in [0.15, 0.2) is 85.5 Å². The molecule has 0 aliphatic carbocycles. The van der Waals surface area contributed by atoms with Gasteiger partial charge in [-0.3, -0.25) is 4.84 Å². The SMILES string of the molecule is NOC(CC/C=C(/c1ccccc1)C(Cc1ccccc1)n1ccnc1)C(=O)O. The second-order valence-electron chi connectivity index (χ2n) is 6.78. The number of allylic oxidation sites excluding steroid dienone is 2. The summed E-state index contributed by atoms with van der Waals surface area (Å²) in [6.07, 6.45) is 8.20. The molecule has 6 heteroatoms. The van der Waals surface area contributed by atoms with Gasteiger partial charge in [-0.15, -0.1) is 0 Å². The Morgan fingerprint density at radius 1 is 1.14 bits per heavy atom. The van der Waals surface area contributed by atoms with Gasteiger partial charge in [0.25, 0.3) is 0 Å². The summed E-state index contributed by atoms with van der Waals surface area (Å²) in [6, 6.07) is 20.4. The van der Waals surface area contributed by atoms with Crippen LogP contribution in [0.25, 0.3) is 5.57 Å². The molecule has 0 spiro atoms. The van der Waals surface area contributed by atoms with Crippen LogP contribution in [0.3, 0.4) is 0 Å². The number of carboxylic acids is 1. The number of rotatable bonds is 10. The molecule has 1 heterocycles. The number of nitrogens with zero attached hydrogens (tertiary/aromatic N) is 2. The molecular formula is C23H25N3O3. The number of carbonyl (C=O) groups is 1. The third kappa shape index (κ3) is 5.63. The van der Waals surface area contributed by atoms with Gasteiger partial charge in [-0.2, -0.15) is 0 Å². The number of hydrogen-bond donors (Lipinski definition) is 2. The number of nitrogens with two attached hydrogens (primary N) is 1. The Balaban J connectivity index is 1.94. The second-order valence-corrected chi connectivity index (χ2v) is 6.78. The third-order valence-corrected chi connectivity index (χ3v) is 4.86. The predicted octanol–water partition coefficient (Wildman–Crippen LogP) is 3.87. The minimum Gasteiger partial charge on any atom is -0.479 e. The molecule has 150 valence electrons. The Kier molecular flexibility index (Phi) is 7.33. The summed E-state index contributed by atoms with van der Waals surface area (Å²) in [6.45, 7) is 0. The van der Waals surface area contributed by atoms with Gasteiger partial charge in [0.15, 0.2) is 6.10 Å². The molecule has 0 fully saturated rings. The van der Waals surface area contributed by atoms with Crippen LogP contribution in [0.1, 0.15) is 30.0 Å². The van der Waals surface area contributed by atoms with Crippen LogP contribution in [-0.4, -0.2) is 26.7 Å². The number of hydrogen-bond acceptors (Lipinski definition) is 4. The molecule has 1 aromatic heterocycles. The molecule has 2 atom stereocenters. The fraction of sp³-hybridized carbons (Fsp3) is 0.217. The van der Waals surface area contributed by atoms with E-state index in [1.807, 2.05) is 48.9 Å². The van der Waals surface area contributed by atoms with E-state index in [1.165, 1.54) is 5.56 Å². The van der Waals surface area contributed by atoms with Gasteiger partial charge in [0.05, 0.1) is 12.4 Å². The number of aromatic nitrogens is 2. The molecule has 2 aromatic carbocycles. The number of imidazole rings is 1. The van der Waals surface area contributed by atoms with E-state index in [1.54, 1.807) is 6.20 Å². The fourth-order valence-corrected chi connectivity index (χ4v) is 3.38. The molecule has 0 saturated carbocycles. The van der Waals surface area contributed by atoms with Gasteiger partial charge in [0, 0.05) is 12.4 Å². The van der Waals surface area contributed by atoms with Gasteiger partial charge in [0.2, 0.25) is 0 Å². The van der Waals surface area contributed by atoms with E-state index in [2.05, 4.69) is 44.7 Å². The Bertz CT molecular complexity index is 909. The van der Waals surface area contributed by atoms with Crippen molar-refractivity contribution in [3.8, 4) is 0 Å². The van der Waals surface area contributed by atoms with Crippen LogP contribution in [0.5, 0.6) is 0 Å². The first-order chi connectivity index (χ1) is 14.2. The van der Waals surface area contributed by atoms with Gasteiger partial charge in [0.1, 0.15) is 0 Å². The van der Waals surface area contributed by atoms with Crippen LogP contribution in [-0.2, 0) is 16.1 Å². The lowest BCUT2D eigenvalue weighted by molar-refractivity contribution is -0.151. The minimum atomic E-state index is -1.06. The molecule has 6 nitrogen and oxygen atoms in total. The number of aliphatic carboxylic acids is 1. The van der Waals surface area contributed by atoms with Crippen LogP contribution in [0, 0.1) is 0 Å². The summed E-state index contributed by atoms with van der Waals surface area (Å²) in [7, 11) is 0. The first kappa shape index (κ1) is 20.5. The van der Waals surface area contributed by atoms with Crippen molar-refractivity contribution in [1.82, 2.24) is 9.55 Å². The van der Waals surface area contributed by atoms with Crippen LogP contribution < -0.4 is 5.90 Å². The maximum absolute atomic E-state index is 11.2. The number of carboxylic acid groups (broad SMARTS) is 1. The normalized spacial score (nSPS) is 13.8. The smallest absolute Gasteiger partial charge is 0.334 e. The lowest BCUT2D eigenvalue weighted by Crippen LogP contribution is -2.26. The first-order valence-electron chi connectivity index (χ1n) is 9.54. The van der Waals surface area contributed by atoms with Gasteiger partial charge in [-0.1, -0.05) is 66.7 Å². The lowest BCUT2D eigenvalue weighted by Gasteiger charge is -2.23. The highest BCUT2D eigenvalue weighted by Gasteiger charge is 2.20. The lowest BCUT2D eigenvalue weighted by atomic mass is 9.91. The van der Waals surface area contributed by atoms with Crippen molar-refractivity contribution < 1.29 is 14.7 Å². The molecule has 0 saturated heterocycles. The molecule has 0 bridgehead atoms. The Morgan fingerprint density at radius 3 is 2.41 bits per heavy atom. The summed E-state index contributed by atoms with van der Waals surface area (Å²) >= 11 is 0. The van der Waals surface area contributed by atoms with Crippen molar-refractivity contribution in [3.63, 3.8) is 0 Å². The van der Waals surface area contributed by atoms with E-state index in [9.17, 15) is 9.90 Å². The predicted molar refractivity (Wildman–Crippen MR) is 112 cm³/mol. The first-order valence-corrected chi connectivity index (χ1v) is 9.54. The molecule has 0 amide bonds. The Hall–Kier alpha value is -3.22. The zero-order valence-corrected chi connectivity index (χ0v) is 16.1. The summed E-state index contributed by atoms with van der Waals surface area (Å²) in [4.78, 5) is 20.0. The Labute approximate surface area is 170 Å². The van der Waals surface area contributed by atoms with Crippen molar-refractivity contribution in [3.05, 3.63) is 96.6 Å². The molecule has 3 rings (SSSR count). The summed E-state index contributed by atoms with van der Waals surface area (Å²) in [5.74, 6) is 4.07. The summed E-state index contributed by atoms with van der Waals surface area (Å²) in [5.41, 5.74) is 3.40. The van der Waals surface area contributed by atoms with Gasteiger partial charge in [-0.05, 0) is 36.0 Å². The molecule has 2 unspecified atom stereocenters. The van der Waals surface area contributed by atoms with Gasteiger partial charge in [-0.25, -0.2) is 15.7 Å². The summed E-state index contributed by atoms with van der Waals surface area (Å²) in [5, 5.41) is 9.17. The van der Waals surface area contributed by atoms with Crippen molar-refractivity contribution in [2.24, 2.45) is 5.90 Å². The third-order valence-electron chi connectivity index (χ3n) is 4.86. The molecule has 3 N–H and O–H groups in total. The van der Waals surface area contributed by atoms with Crippen molar-refractivity contribution >= 4 is 11.5 Å². The highest BCUT2D eigenvalue weighted by Crippen LogP contribution is 2.31. The molecule has 3 aromatic rings. The van der Waals surface area contributed by atoms with Crippen molar-refractivity contribution in [1.29, 1.82) is 0 Å². The maximum Gasteiger partial charge on any atom is 0.334 e. The topological polar surface area (TPSA) is 90.4 Å². The highest BCUT2D eigenvalue weighted by molar-refractivity contribution is 5.72. The fourth-order valence-electron chi connectivity index (χ4n) is 3.38. The van der Waals surface area contributed by atoms with E-state index >= 15 is 0 Å². The van der Waals surface area contributed by atoms with Gasteiger partial charge < -0.3 is 9.67 Å². The Morgan fingerprint density at radius 2 is 1.83 bits per heavy atom. The second kappa shape index (κ2) is 10.4. The molecule has 0 aliphatic heterocycles. The standard InChI is InChI=1S/C23H25N3O3/c24-29-22(23(27)28)13-7-12-20(19-10-5-2-6-11-19)21(26-15-14-25-17-26)16-18-8-3-1-4-9-18/h1-6,8-12,14-15,17,21-22H,7,13,16,24H2,(H,27,28)/b20-12-. The average molecular weight is 391 g/mol. The molecule has 0 aliphatic rings. The van der Waals surface area contributed by atoms with Crippen molar-refractivity contribution in [2.75, 3.05) is 0 Å². The van der Waals surface area contributed by atoms with Gasteiger partial charge >= 0.3 is 5.97 Å². The van der Waals surface area contributed by atoms with E-state index in [-0.39, 0.29) is 6.04 Å². The quantitative estimate of drug-likeness (QED) is 0.512. The maximum atomic E-state index is 11.2. The van der Waals surface area contributed by atoms with E-state index in [4.69, 9.17) is 5.90 Å². The summed E-state index contributed by atoms with van der Waals surface area (Å²) < 4.78 is 2.08. The minimum absolute atomic E-state index is 0.0179. The number of benzene rings is 2. The average Bonchev–Trinajstić information content (AvgIpc) is 3.28. The van der Waals surface area contributed by atoms with E-state index in [0.29, 0.717) is 12.8 Å². The molecule has 0 radical (unpaired) electrons. The van der Waals surface area contributed by atoms with Crippen LogP contribution in [0.4, 0.5) is 0 Å². The highest BCUT2D eigenvalue weighted by atomic mass is 16.6. The molecular weight excluding hydrogens is 366 g/mol. The largest absolute Gasteiger partial charge is 0.479 e. The molecule has 29 heavy (non-hydrogen) atoms. The zero-order valence-electron chi connectivity index (χ0n) is 16.1. The van der Waals surface area contributed by atoms with Crippen molar-refractivity contribution in [2.45, 2.75) is 31.4 Å². The van der Waals surface area contributed by atoms with E-state index < -0.39 is 12.1 Å². The zero-order chi connectivity index (χ0) is 20.5. The van der Waals surface area contributed by atoms with Crippen LogP contribution >= 0.6 is 0 Å². The van der Waals surface area contributed by atoms with E-state index in [0.717, 1.165) is 17.6 Å².